The summed E-state index contributed by atoms with van der Waals surface area (Å²) in [6.07, 6.45) is 0.913. The van der Waals surface area contributed by atoms with Gasteiger partial charge in [-0.25, -0.2) is 9.37 Å². The molecule has 6 nitrogen and oxygen atoms in total. The van der Waals surface area contributed by atoms with Crippen LogP contribution in [0.2, 0.25) is 0 Å². The highest BCUT2D eigenvalue weighted by atomic mass is 19.4. The summed E-state index contributed by atoms with van der Waals surface area (Å²) in [4.78, 5) is 27.6. The molecule has 5 rings (SSSR count). The number of hydrogen-bond donors (Lipinski definition) is 1. The number of pyridine rings is 3. The predicted octanol–water partition coefficient (Wildman–Crippen LogP) is 4.72. The minimum Gasteiger partial charge on any atom is -0.365 e. The first-order valence-electron chi connectivity index (χ1n) is 10.9. The molecule has 0 radical (unpaired) electrons. The second-order valence-electron chi connectivity index (χ2n) is 8.79. The first kappa shape index (κ1) is 22.2. The summed E-state index contributed by atoms with van der Waals surface area (Å²) in [5, 5.41) is 3.19. The third-order valence-corrected chi connectivity index (χ3v) is 6.41. The molecule has 1 aliphatic carbocycles. The Balaban J connectivity index is 1.39. The SMILES string of the molecule is Cc1cnc(C(=O)N2C[C@@H]3C[C@@H](Nc4ccc(C(F)(F)F)cn4)[C@@H]2C3)c(-c2ncccc2F)c1. The Hall–Kier alpha value is -3.56. The average molecular weight is 471 g/mol. The largest absolute Gasteiger partial charge is 0.417 e. The summed E-state index contributed by atoms with van der Waals surface area (Å²) in [6.45, 7) is 2.35. The lowest BCUT2D eigenvalue weighted by atomic mass is 10.0. The van der Waals surface area contributed by atoms with E-state index in [1.807, 2.05) is 0 Å². The molecule has 1 N–H and O–H groups in total. The summed E-state index contributed by atoms with van der Waals surface area (Å²) in [6, 6.07) is 6.41. The number of piperidine rings is 1. The molecular weight excluding hydrogens is 450 g/mol. The number of alkyl halides is 3. The van der Waals surface area contributed by atoms with Crippen LogP contribution in [-0.2, 0) is 6.18 Å². The number of aromatic nitrogens is 3. The number of carbonyl (C=O) groups excluding carboxylic acids is 1. The van der Waals surface area contributed by atoms with E-state index in [0.29, 0.717) is 17.9 Å². The molecule has 176 valence electrons. The summed E-state index contributed by atoms with van der Waals surface area (Å²) >= 11 is 0. The maximum absolute atomic E-state index is 14.5. The van der Waals surface area contributed by atoms with Crippen molar-refractivity contribution in [1.29, 1.82) is 0 Å². The number of aryl methyl sites for hydroxylation is 1. The van der Waals surface area contributed by atoms with Gasteiger partial charge in [0.05, 0.1) is 11.6 Å². The fourth-order valence-corrected chi connectivity index (χ4v) is 4.89. The van der Waals surface area contributed by atoms with Gasteiger partial charge in [-0.2, -0.15) is 13.2 Å². The topological polar surface area (TPSA) is 71.0 Å². The molecule has 1 saturated carbocycles. The first-order valence-corrected chi connectivity index (χ1v) is 10.9. The monoisotopic (exact) mass is 471 g/mol. The van der Waals surface area contributed by atoms with Crippen LogP contribution in [-0.4, -0.2) is 44.4 Å². The standard InChI is InChI=1S/C24H21F4N5O/c1-13-7-16(21-17(25)3-2-6-29-21)22(31-10-13)23(34)33-12-14-8-18(19(33)9-14)32-20-5-4-15(11-30-20)24(26,27)28/h2-7,10-11,14,18-19H,8-9,12H2,1H3,(H,30,32)/t14-,18-,19+/m1/s1. The van der Waals surface area contributed by atoms with E-state index in [1.165, 1.54) is 24.4 Å². The Morgan fingerprint density at radius 2 is 1.94 bits per heavy atom. The Labute approximate surface area is 193 Å². The average Bonchev–Trinajstić information content (AvgIpc) is 3.39. The van der Waals surface area contributed by atoms with Gasteiger partial charge in [-0.15, -0.1) is 0 Å². The van der Waals surface area contributed by atoms with Crippen LogP contribution in [0, 0.1) is 18.7 Å². The smallest absolute Gasteiger partial charge is 0.365 e. The van der Waals surface area contributed by atoms with E-state index in [-0.39, 0.29) is 35.3 Å². The molecule has 3 atom stereocenters. The Morgan fingerprint density at radius 3 is 2.62 bits per heavy atom. The molecule has 2 bridgehead atoms. The van der Waals surface area contributed by atoms with Gasteiger partial charge in [0.1, 0.15) is 23.0 Å². The molecule has 10 heteroatoms. The number of halogens is 4. The van der Waals surface area contributed by atoms with Gasteiger partial charge in [0.2, 0.25) is 0 Å². The van der Waals surface area contributed by atoms with Crippen LogP contribution in [0.1, 0.15) is 34.5 Å². The van der Waals surface area contributed by atoms with Crippen molar-refractivity contribution in [2.24, 2.45) is 5.92 Å². The van der Waals surface area contributed by atoms with Crippen LogP contribution in [0.3, 0.4) is 0 Å². The molecule has 3 aromatic rings. The van der Waals surface area contributed by atoms with Crippen molar-refractivity contribution >= 4 is 11.7 Å². The van der Waals surface area contributed by atoms with E-state index >= 15 is 0 Å². The van der Waals surface area contributed by atoms with Gasteiger partial charge in [0, 0.05) is 36.7 Å². The molecule has 34 heavy (non-hydrogen) atoms. The number of rotatable bonds is 4. The zero-order valence-corrected chi connectivity index (χ0v) is 18.2. The second kappa shape index (κ2) is 8.34. The number of anilines is 1. The molecule has 1 saturated heterocycles. The van der Waals surface area contributed by atoms with E-state index in [9.17, 15) is 22.4 Å². The van der Waals surface area contributed by atoms with Crippen LogP contribution in [0.5, 0.6) is 0 Å². The van der Waals surface area contributed by atoms with Crippen molar-refractivity contribution in [2.75, 3.05) is 11.9 Å². The van der Waals surface area contributed by atoms with Gasteiger partial charge >= 0.3 is 6.18 Å². The molecule has 0 spiro atoms. The molecule has 2 aliphatic rings. The van der Waals surface area contributed by atoms with Crippen LogP contribution >= 0.6 is 0 Å². The molecular formula is C24H21F4N5O. The van der Waals surface area contributed by atoms with Crippen LogP contribution in [0.4, 0.5) is 23.4 Å². The first-order chi connectivity index (χ1) is 16.2. The van der Waals surface area contributed by atoms with E-state index < -0.39 is 17.6 Å². The number of amides is 1. The third-order valence-electron chi connectivity index (χ3n) is 6.41. The lowest BCUT2D eigenvalue weighted by Gasteiger charge is -2.34. The van der Waals surface area contributed by atoms with Gasteiger partial charge in [0.15, 0.2) is 0 Å². The lowest BCUT2D eigenvalue weighted by Crippen LogP contribution is -2.48. The number of hydrogen-bond acceptors (Lipinski definition) is 5. The summed E-state index contributed by atoms with van der Waals surface area (Å²) in [7, 11) is 0. The number of nitrogens with zero attached hydrogens (tertiary/aromatic N) is 4. The van der Waals surface area contributed by atoms with Crippen LogP contribution < -0.4 is 5.32 Å². The molecule has 1 amide bonds. The molecule has 0 aromatic carbocycles. The van der Waals surface area contributed by atoms with E-state index in [4.69, 9.17) is 0 Å². The van der Waals surface area contributed by atoms with Crippen molar-refractivity contribution in [2.45, 2.75) is 38.0 Å². The fourth-order valence-electron chi connectivity index (χ4n) is 4.89. The quantitative estimate of drug-likeness (QED) is 0.558. The molecule has 2 fully saturated rings. The zero-order valence-electron chi connectivity index (χ0n) is 18.2. The summed E-state index contributed by atoms with van der Waals surface area (Å²) < 4.78 is 52.9. The second-order valence-corrected chi connectivity index (χ2v) is 8.79. The van der Waals surface area contributed by atoms with Gasteiger partial charge < -0.3 is 10.2 Å². The van der Waals surface area contributed by atoms with Gasteiger partial charge in [-0.3, -0.25) is 14.8 Å². The highest BCUT2D eigenvalue weighted by Gasteiger charge is 2.47. The van der Waals surface area contributed by atoms with E-state index in [0.717, 1.165) is 30.7 Å². The summed E-state index contributed by atoms with van der Waals surface area (Å²) in [5.74, 6) is -0.289. The number of nitrogens with one attached hydrogen (secondary N) is 1. The third kappa shape index (κ3) is 4.08. The maximum atomic E-state index is 14.5. The van der Waals surface area contributed by atoms with Crippen molar-refractivity contribution in [3.8, 4) is 11.3 Å². The highest BCUT2D eigenvalue weighted by Crippen LogP contribution is 2.40. The Kier molecular flexibility index (Phi) is 5.45. The van der Waals surface area contributed by atoms with Gasteiger partial charge in [0.25, 0.3) is 5.91 Å². The van der Waals surface area contributed by atoms with Gasteiger partial charge in [-0.1, -0.05) is 0 Å². The number of likely N-dealkylation sites (tertiary alicyclic amines) is 1. The van der Waals surface area contributed by atoms with Crippen LogP contribution in [0.25, 0.3) is 11.3 Å². The maximum Gasteiger partial charge on any atom is 0.417 e. The Bertz CT molecular complexity index is 1230. The summed E-state index contributed by atoms with van der Waals surface area (Å²) in [5.41, 5.74) is 0.479. The van der Waals surface area contributed by atoms with Crippen LogP contribution in [0.15, 0.2) is 48.9 Å². The normalized spacial score (nSPS) is 21.7. The van der Waals surface area contributed by atoms with E-state index in [1.54, 1.807) is 24.1 Å². The minimum absolute atomic E-state index is 0.0648. The number of carbonyl (C=O) groups is 1. The molecule has 4 heterocycles. The lowest BCUT2D eigenvalue weighted by molar-refractivity contribution is -0.137. The molecule has 1 aliphatic heterocycles. The minimum atomic E-state index is -4.45. The van der Waals surface area contributed by atoms with E-state index in [2.05, 4.69) is 20.3 Å². The molecule has 3 aromatic heterocycles. The molecule has 0 unspecified atom stereocenters. The fraction of sp³-hybridized carbons (Fsp3) is 0.333. The van der Waals surface area contributed by atoms with Crippen molar-refractivity contribution in [3.05, 3.63) is 71.6 Å². The Morgan fingerprint density at radius 1 is 1.12 bits per heavy atom. The van der Waals surface area contributed by atoms with Gasteiger partial charge in [-0.05, 0) is 61.6 Å². The van der Waals surface area contributed by atoms with Crippen molar-refractivity contribution in [1.82, 2.24) is 19.9 Å². The highest BCUT2D eigenvalue weighted by molar-refractivity contribution is 5.99. The van der Waals surface area contributed by atoms with Crippen molar-refractivity contribution in [3.63, 3.8) is 0 Å². The number of fused-ring (bicyclic) bond motifs is 2. The predicted molar refractivity (Wildman–Crippen MR) is 116 cm³/mol. The zero-order chi connectivity index (χ0) is 24.0. The van der Waals surface area contributed by atoms with Crippen molar-refractivity contribution < 1.29 is 22.4 Å².